The normalized spacial score (nSPS) is 16.9. The highest BCUT2D eigenvalue weighted by Gasteiger charge is 2.20. The van der Waals surface area contributed by atoms with Crippen LogP contribution in [0.2, 0.25) is 0 Å². The quantitative estimate of drug-likeness (QED) is 0.695. The van der Waals surface area contributed by atoms with Crippen molar-refractivity contribution in [1.82, 2.24) is 19.3 Å². The van der Waals surface area contributed by atoms with Crippen LogP contribution in [0.25, 0.3) is 16.9 Å². The molecule has 1 amide bonds. The lowest BCUT2D eigenvalue weighted by molar-refractivity contribution is 0.0859. The van der Waals surface area contributed by atoms with Gasteiger partial charge in [0.05, 0.1) is 35.8 Å². The third-order valence-corrected chi connectivity index (χ3v) is 4.88. The first-order chi connectivity index (χ1) is 13.3. The maximum Gasteiger partial charge on any atom is 0.253 e. The molecule has 0 unspecified atom stereocenters. The van der Waals surface area contributed by atoms with E-state index in [9.17, 15) is 4.79 Å². The molecule has 3 aromatic heterocycles. The van der Waals surface area contributed by atoms with E-state index in [4.69, 9.17) is 9.47 Å². The van der Waals surface area contributed by atoms with E-state index in [-0.39, 0.29) is 12.0 Å². The van der Waals surface area contributed by atoms with Gasteiger partial charge in [0.25, 0.3) is 5.91 Å². The summed E-state index contributed by atoms with van der Waals surface area (Å²) in [5.74, 6) is -0.0840. The number of hydrogen-bond acceptors (Lipinski definition) is 4. The highest BCUT2D eigenvalue weighted by atomic mass is 16.5. The zero-order valence-corrected chi connectivity index (χ0v) is 15.4. The van der Waals surface area contributed by atoms with Crippen molar-refractivity contribution in [2.75, 3.05) is 26.9 Å². The molecular formula is C20H24N4O3. The molecule has 1 N–H and O–H groups in total. The van der Waals surface area contributed by atoms with Crippen molar-refractivity contribution >= 4 is 11.4 Å². The highest BCUT2D eigenvalue weighted by Crippen LogP contribution is 2.25. The maximum atomic E-state index is 12.8. The van der Waals surface area contributed by atoms with Gasteiger partial charge in [-0.2, -0.15) is 0 Å². The van der Waals surface area contributed by atoms with Crippen molar-refractivity contribution in [3.05, 3.63) is 48.5 Å². The van der Waals surface area contributed by atoms with Crippen molar-refractivity contribution < 1.29 is 14.3 Å². The maximum absolute atomic E-state index is 12.8. The predicted octanol–water partition coefficient (Wildman–Crippen LogP) is 2.36. The molecule has 0 aliphatic carbocycles. The Morgan fingerprint density at radius 3 is 3.19 bits per heavy atom. The summed E-state index contributed by atoms with van der Waals surface area (Å²) in [6.07, 6.45) is 7.90. The molecule has 1 aliphatic heterocycles. The van der Waals surface area contributed by atoms with E-state index in [1.807, 2.05) is 45.6 Å². The molecule has 27 heavy (non-hydrogen) atoms. The molecule has 1 fully saturated rings. The molecule has 1 saturated heterocycles. The largest absolute Gasteiger partial charge is 0.383 e. The number of rotatable bonds is 7. The summed E-state index contributed by atoms with van der Waals surface area (Å²) < 4.78 is 14.7. The highest BCUT2D eigenvalue weighted by molar-refractivity contribution is 6.02. The summed E-state index contributed by atoms with van der Waals surface area (Å²) in [6.45, 7) is 2.69. The van der Waals surface area contributed by atoms with Gasteiger partial charge in [-0.05, 0) is 31.0 Å². The number of imidazole rings is 1. The average Bonchev–Trinajstić information content (AvgIpc) is 3.43. The van der Waals surface area contributed by atoms with Crippen molar-refractivity contribution in [2.24, 2.45) is 0 Å². The molecule has 0 aromatic carbocycles. The summed E-state index contributed by atoms with van der Waals surface area (Å²) >= 11 is 0. The van der Waals surface area contributed by atoms with Crippen LogP contribution in [0, 0.1) is 0 Å². The fourth-order valence-electron chi connectivity index (χ4n) is 3.45. The van der Waals surface area contributed by atoms with Crippen molar-refractivity contribution in [2.45, 2.75) is 25.5 Å². The minimum Gasteiger partial charge on any atom is -0.383 e. The zero-order valence-electron chi connectivity index (χ0n) is 15.4. The average molecular weight is 368 g/mol. The molecule has 7 nitrogen and oxygen atoms in total. The number of hydrogen-bond donors (Lipinski definition) is 1. The first-order valence-corrected chi connectivity index (χ1v) is 9.27. The molecule has 4 rings (SSSR count). The van der Waals surface area contributed by atoms with Gasteiger partial charge in [-0.3, -0.25) is 4.79 Å². The number of carbonyl (C=O) groups excluding carboxylic acids is 1. The van der Waals surface area contributed by atoms with Crippen LogP contribution in [-0.2, 0) is 16.0 Å². The van der Waals surface area contributed by atoms with Crippen LogP contribution in [0.3, 0.4) is 0 Å². The molecule has 0 bridgehead atoms. The van der Waals surface area contributed by atoms with E-state index < -0.39 is 0 Å². The van der Waals surface area contributed by atoms with Gasteiger partial charge in [-0.15, -0.1) is 0 Å². The van der Waals surface area contributed by atoms with Crippen LogP contribution in [0.4, 0.5) is 0 Å². The van der Waals surface area contributed by atoms with Crippen LogP contribution >= 0.6 is 0 Å². The molecule has 1 aliphatic rings. The van der Waals surface area contributed by atoms with Gasteiger partial charge in [0.15, 0.2) is 0 Å². The van der Waals surface area contributed by atoms with Crippen LogP contribution in [-0.4, -0.2) is 52.8 Å². The number of amides is 1. The summed E-state index contributed by atoms with van der Waals surface area (Å²) in [6, 6.07) is 7.75. The van der Waals surface area contributed by atoms with E-state index in [0.717, 1.165) is 42.9 Å². The number of aromatic nitrogens is 3. The fourth-order valence-corrected chi connectivity index (χ4v) is 3.45. The second kappa shape index (κ2) is 7.94. The molecule has 0 spiro atoms. The van der Waals surface area contributed by atoms with Gasteiger partial charge >= 0.3 is 0 Å². The number of nitrogens with zero attached hydrogens (tertiary/aromatic N) is 3. The van der Waals surface area contributed by atoms with Crippen molar-refractivity contribution in [3.63, 3.8) is 0 Å². The molecule has 1 atom stereocenters. The number of fused-ring (bicyclic) bond motifs is 1. The number of nitrogens with one attached hydrogen (secondary N) is 1. The van der Waals surface area contributed by atoms with Crippen LogP contribution in [0.1, 0.15) is 23.2 Å². The standard InChI is InChI=1S/C20H24N4O3/c1-26-10-8-23-13-17(22-14-23)19-11-16(18-6-2-3-7-24(18)19)20(25)21-12-15-5-4-9-27-15/h2-3,6-7,11,13-15H,4-5,8-10,12H2,1H3,(H,21,25)/t15-/m0/s1. The summed E-state index contributed by atoms with van der Waals surface area (Å²) in [5.41, 5.74) is 3.23. The smallest absolute Gasteiger partial charge is 0.253 e. The van der Waals surface area contributed by atoms with Gasteiger partial charge in [0.2, 0.25) is 0 Å². The van der Waals surface area contributed by atoms with E-state index in [1.54, 1.807) is 13.4 Å². The van der Waals surface area contributed by atoms with E-state index in [0.29, 0.717) is 18.7 Å². The SMILES string of the molecule is COCCn1cnc(-c2cc(C(=O)NC[C@@H]3CCCO3)c3ccccn23)c1. The summed E-state index contributed by atoms with van der Waals surface area (Å²) in [5, 5.41) is 3.01. The van der Waals surface area contributed by atoms with Gasteiger partial charge in [0, 0.05) is 39.2 Å². The van der Waals surface area contributed by atoms with Gasteiger partial charge in [-0.25, -0.2) is 4.98 Å². The molecule has 3 aromatic rings. The summed E-state index contributed by atoms with van der Waals surface area (Å²) in [4.78, 5) is 17.3. The van der Waals surface area contributed by atoms with E-state index >= 15 is 0 Å². The summed E-state index contributed by atoms with van der Waals surface area (Å²) in [7, 11) is 1.68. The Hall–Kier alpha value is -2.64. The monoisotopic (exact) mass is 368 g/mol. The minimum atomic E-state index is -0.0840. The minimum absolute atomic E-state index is 0.0840. The third kappa shape index (κ3) is 3.74. The molecular weight excluding hydrogens is 344 g/mol. The van der Waals surface area contributed by atoms with Crippen LogP contribution in [0.5, 0.6) is 0 Å². The Balaban J connectivity index is 1.60. The Labute approximate surface area is 157 Å². The predicted molar refractivity (Wildman–Crippen MR) is 102 cm³/mol. The molecule has 4 heterocycles. The zero-order chi connectivity index (χ0) is 18.6. The Bertz CT molecular complexity index is 924. The molecule has 142 valence electrons. The van der Waals surface area contributed by atoms with E-state index in [1.165, 1.54) is 0 Å². The lowest BCUT2D eigenvalue weighted by Crippen LogP contribution is -2.31. The van der Waals surface area contributed by atoms with Gasteiger partial charge < -0.3 is 23.8 Å². The van der Waals surface area contributed by atoms with E-state index in [2.05, 4.69) is 10.3 Å². The van der Waals surface area contributed by atoms with Crippen LogP contribution < -0.4 is 5.32 Å². The van der Waals surface area contributed by atoms with Gasteiger partial charge in [-0.1, -0.05) is 6.07 Å². The topological polar surface area (TPSA) is 69.8 Å². The fraction of sp³-hybridized carbons (Fsp3) is 0.400. The lowest BCUT2D eigenvalue weighted by Gasteiger charge is -2.10. The third-order valence-electron chi connectivity index (χ3n) is 4.88. The molecule has 0 radical (unpaired) electrons. The molecule has 0 saturated carbocycles. The van der Waals surface area contributed by atoms with Crippen LogP contribution in [0.15, 0.2) is 43.0 Å². The van der Waals surface area contributed by atoms with Crippen molar-refractivity contribution in [3.8, 4) is 11.4 Å². The first kappa shape index (κ1) is 17.8. The Morgan fingerprint density at radius 1 is 1.44 bits per heavy atom. The Morgan fingerprint density at radius 2 is 2.37 bits per heavy atom. The first-order valence-electron chi connectivity index (χ1n) is 9.27. The number of methoxy groups -OCH3 is 1. The number of carbonyl (C=O) groups is 1. The second-order valence-corrected chi connectivity index (χ2v) is 6.73. The second-order valence-electron chi connectivity index (χ2n) is 6.73. The Kier molecular flexibility index (Phi) is 5.22. The number of ether oxygens (including phenoxy) is 2. The molecule has 7 heteroatoms. The number of pyridine rings is 1. The van der Waals surface area contributed by atoms with Gasteiger partial charge in [0.1, 0.15) is 5.69 Å². The lowest BCUT2D eigenvalue weighted by atomic mass is 10.2. The van der Waals surface area contributed by atoms with Crippen molar-refractivity contribution in [1.29, 1.82) is 0 Å².